The van der Waals surface area contributed by atoms with E-state index in [1.165, 1.54) is 0 Å². The van der Waals surface area contributed by atoms with E-state index in [9.17, 15) is 0 Å². The fourth-order valence-corrected chi connectivity index (χ4v) is 3.53. The number of hydrogen-bond donors (Lipinski definition) is 1. The predicted molar refractivity (Wildman–Crippen MR) is 81.5 cm³/mol. The summed E-state index contributed by atoms with van der Waals surface area (Å²) in [6.45, 7) is 4.83. The van der Waals surface area contributed by atoms with E-state index in [-0.39, 0.29) is 5.95 Å². The number of morpholine rings is 1. The van der Waals surface area contributed by atoms with Crippen LogP contribution in [0.1, 0.15) is 10.8 Å². The second kappa shape index (κ2) is 6.50. The van der Waals surface area contributed by atoms with Crippen LogP contribution in [0.25, 0.3) is 0 Å². The number of aryl methyl sites for hydroxylation is 1. The lowest BCUT2D eigenvalue weighted by Gasteiger charge is -2.26. The molecule has 21 heavy (non-hydrogen) atoms. The van der Waals surface area contributed by atoms with E-state index in [1.807, 2.05) is 6.92 Å². The van der Waals surface area contributed by atoms with Gasteiger partial charge in [-0.1, -0.05) is 23.1 Å². The maximum Gasteiger partial charge on any atom is 0.230 e. The van der Waals surface area contributed by atoms with Crippen LogP contribution >= 0.6 is 23.1 Å². The van der Waals surface area contributed by atoms with Crippen molar-refractivity contribution in [1.82, 2.24) is 25.1 Å². The third kappa shape index (κ3) is 3.77. The first-order valence-electron chi connectivity index (χ1n) is 6.47. The van der Waals surface area contributed by atoms with E-state index in [4.69, 9.17) is 10.5 Å². The zero-order valence-electron chi connectivity index (χ0n) is 11.5. The van der Waals surface area contributed by atoms with E-state index in [2.05, 4.69) is 30.0 Å². The van der Waals surface area contributed by atoms with Crippen LogP contribution in [-0.4, -0.2) is 51.5 Å². The fraction of sp³-hybridized carbons (Fsp3) is 0.545. The summed E-state index contributed by atoms with van der Waals surface area (Å²) in [7, 11) is 0. The van der Waals surface area contributed by atoms with E-state index in [0.29, 0.717) is 30.7 Å². The van der Waals surface area contributed by atoms with Crippen molar-refractivity contribution in [2.45, 2.75) is 17.0 Å². The van der Waals surface area contributed by atoms with Crippen molar-refractivity contribution in [2.75, 3.05) is 36.9 Å². The minimum Gasteiger partial charge on any atom is -0.378 e. The van der Waals surface area contributed by atoms with E-state index < -0.39 is 0 Å². The summed E-state index contributed by atoms with van der Waals surface area (Å²) in [5.41, 5.74) is 5.78. The molecular formula is C11H15N7OS2. The number of anilines is 2. The highest BCUT2D eigenvalue weighted by atomic mass is 32.2. The van der Waals surface area contributed by atoms with Gasteiger partial charge in [-0.15, -0.1) is 10.2 Å². The number of rotatable bonds is 4. The van der Waals surface area contributed by atoms with Crippen molar-refractivity contribution in [3.8, 4) is 0 Å². The third-order valence-electron chi connectivity index (χ3n) is 2.81. The molecule has 0 radical (unpaired) electrons. The van der Waals surface area contributed by atoms with Crippen molar-refractivity contribution in [3.05, 3.63) is 10.8 Å². The van der Waals surface area contributed by atoms with Crippen LogP contribution in [0.3, 0.4) is 0 Å². The molecule has 2 aromatic heterocycles. The van der Waals surface area contributed by atoms with Crippen LogP contribution in [0.5, 0.6) is 0 Å². The third-order valence-corrected chi connectivity index (χ3v) is 4.78. The SMILES string of the molecule is Cc1nnc(SCc2nc(N)nc(N3CCOCC3)n2)s1. The highest BCUT2D eigenvalue weighted by Gasteiger charge is 2.16. The lowest BCUT2D eigenvalue weighted by molar-refractivity contribution is 0.122. The van der Waals surface area contributed by atoms with Gasteiger partial charge in [0.25, 0.3) is 0 Å². The van der Waals surface area contributed by atoms with Gasteiger partial charge in [0.1, 0.15) is 10.8 Å². The monoisotopic (exact) mass is 325 g/mol. The zero-order valence-corrected chi connectivity index (χ0v) is 13.2. The van der Waals surface area contributed by atoms with E-state index in [0.717, 1.165) is 22.4 Å². The van der Waals surface area contributed by atoms with Gasteiger partial charge in [-0.05, 0) is 6.92 Å². The van der Waals surface area contributed by atoms with Crippen molar-refractivity contribution in [3.63, 3.8) is 0 Å². The van der Waals surface area contributed by atoms with E-state index in [1.54, 1.807) is 23.1 Å². The minimum absolute atomic E-state index is 0.246. The summed E-state index contributed by atoms with van der Waals surface area (Å²) in [6.07, 6.45) is 0. The molecule has 0 amide bonds. The molecule has 1 saturated heterocycles. The Bertz CT molecular complexity index is 614. The van der Waals surface area contributed by atoms with E-state index >= 15 is 0 Å². The second-order valence-electron chi connectivity index (χ2n) is 4.38. The van der Waals surface area contributed by atoms with Crippen LogP contribution in [0.2, 0.25) is 0 Å². The quantitative estimate of drug-likeness (QED) is 0.815. The zero-order chi connectivity index (χ0) is 14.7. The summed E-state index contributed by atoms with van der Waals surface area (Å²) < 4.78 is 6.23. The average Bonchev–Trinajstić information content (AvgIpc) is 2.91. The van der Waals surface area contributed by atoms with Crippen molar-refractivity contribution >= 4 is 35.0 Å². The fourth-order valence-electron chi connectivity index (χ4n) is 1.86. The number of nitrogens with zero attached hydrogens (tertiary/aromatic N) is 6. The Morgan fingerprint density at radius 1 is 1.24 bits per heavy atom. The summed E-state index contributed by atoms with van der Waals surface area (Å²) in [4.78, 5) is 14.9. The number of ether oxygens (including phenoxy) is 1. The first-order valence-corrected chi connectivity index (χ1v) is 8.27. The van der Waals surface area contributed by atoms with Crippen molar-refractivity contribution in [1.29, 1.82) is 0 Å². The molecular weight excluding hydrogens is 310 g/mol. The molecule has 0 atom stereocenters. The van der Waals surface area contributed by atoms with Crippen molar-refractivity contribution in [2.24, 2.45) is 0 Å². The standard InChI is InChI=1S/C11H15N7OS2/c1-7-16-17-11(21-7)20-6-8-13-9(12)15-10(14-8)18-2-4-19-5-3-18/h2-6H2,1H3,(H2,12,13,14,15). The second-order valence-corrected chi connectivity index (χ2v) is 6.79. The summed E-state index contributed by atoms with van der Waals surface area (Å²) in [5, 5.41) is 9.00. The molecule has 2 N–H and O–H groups in total. The lowest BCUT2D eigenvalue weighted by atomic mass is 10.4. The number of thioether (sulfide) groups is 1. The van der Waals surface area contributed by atoms with Crippen LogP contribution in [0.4, 0.5) is 11.9 Å². The molecule has 3 heterocycles. The normalized spacial score (nSPS) is 15.4. The molecule has 0 unspecified atom stereocenters. The average molecular weight is 325 g/mol. The minimum atomic E-state index is 0.246. The summed E-state index contributed by atoms with van der Waals surface area (Å²) in [5.74, 6) is 2.12. The first kappa shape index (κ1) is 14.4. The van der Waals surface area contributed by atoms with Gasteiger partial charge in [-0.3, -0.25) is 0 Å². The molecule has 0 spiro atoms. The Kier molecular flexibility index (Phi) is 4.46. The largest absolute Gasteiger partial charge is 0.378 e. The smallest absolute Gasteiger partial charge is 0.230 e. The lowest BCUT2D eigenvalue weighted by Crippen LogP contribution is -2.37. The van der Waals surface area contributed by atoms with Gasteiger partial charge in [-0.2, -0.15) is 15.0 Å². The van der Waals surface area contributed by atoms with Gasteiger partial charge in [0, 0.05) is 13.1 Å². The summed E-state index contributed by atoms with van der Waals surface area (Å²) in [6, 6.07) is 0. The topological polar surface area (TPSA) is 103 Å². The maximum absolute atomic E-state index is 5.78. The molecule has 112 valence electrons. The molecule has 3 rings (SSSR count). The van der Waals surface area contributed by atoms with Crippen LogP contribution < -0.4 is 10.6 Å². The summed E-state index contributed by atoms with van der Waals surface area (Å²) >= 11 is 3.11. The van der Waals surface area contributed by atoms with Crippen molar-refractivity contribution < 1.29 is 4.74 Å². The molecule has 0 aliphatic carbocycles. The number of aromatic nitrogens is 5. The highest BCUT2D eigenvalue weighted by Crippen LogP contribution is 2.25. The number of nitrogen functional groups attached to an aromatic ring is 1. The molecule has 0 aromatic carbocycles. The van der Waals surface area contributed by atoms with Crippen LogP contribution in [0, 0.1) is 6.92 Å². The van der Waals surface area contributed by atoms with Gasteiger partial charge in [0.15, 0.2) is 4.34 Å². The highest BCUT2D eigenvalue weighted by molar-refractivity contribution is 8.00. The molecule has 10 heteroatoms. The Morgan fingerprint density at radius 3 is 2.76 bits per heavy atom. The molecule has 2 aromatic rings. The first-order chi connectivity index (χ1) is 10.2. The molecule has 1 fully saturated rings. The molecule has 1 aliphatic heterocycles. The van der Waals surface area contributed by atoms with Gasteiger partial charge in [-0.25, -0.2) is 0 Å². The molecule has 1 aliphatic rings. The number of nitrogens with two attached hydrogens (primary N) is 1. The number of hydrogen-bond acceptors (Lipinski definition) is 10. The Labute approximate surface area is 130 Å². The molecule has 0 saturated carbocycles. The molecule has 8 nitrogen and oxygen atoms in total. The van der Waals surface area contributed by atoms with Gasteiger partial charge in [0.05, 0.1) is 19.0 Å². The predicted octanol–water partition coefficient (Wildman–Crippen LogP) is 0.743. The van der Waals surface area contributed by atoms with Gasteiger partial charge < -0.3 is 15.4 Å². The van der Waals surface area contributed by atoms with Gasteiger partial charge >= 0.3 is 0 Å². The Hall–Kier alpha value is -1.52. The Balaban J connectivity index is 1.71. The Morgan fingerprint density at radius 2 is 2.05 bits per heavy atom. The van der Waals surface area contributed by atoms with Crippen LogP contribution in [-0.2, 0) is 10.5 Å². The van der Waals surface area contributed by atoms with Gasteiger partial charge in [0.2, 0.25) is 11.9 Å². The molecule has 0 bridgehead atoms. The maximum atomic E-state index is 5.78. The van der Waals surface area contributed by atoms with Crippen LogP contribution in [0.15, 0.2) is 4.34 Å².